The SMILES string of the molecule is Fc1cccc(-c2ccccc2N(c2ccccc2-c2cccc(F)c2)c2cccc3c(-c4ccccc4)nc(-c4ccccc4)nc23)c1. The van der Waals surface area contributed by atoms with Crippen LogP contribution in [-0.2, 0) is 0 Å². The molecule has 0 aliphatic carbocycles. The van der Waals surface area contributed by atoms with Crippen molar-refractivity contribution in [2.24, 2.45) is 0 Å². The standard InChI is InChI=1S/C44H29F2N3/c45-34-20-11-18-32(28-34)36-22-7-9-25-39(36)49(40-26-10-8-23-37(40)33-19-12-21-35(46)29-33)41-27-13-24-38-42(30-14-3-1-4-15-30)47-44(48-43(38)41)31-16-5-2-6-17-31/h1-29H. The number of aromatic nitrogens is 2. The van der Waals surface area contributed by atoms with E-state index in [1.807, 2.05) is 127 Å². The summed E-state index contributed by atoms with van der Waals surface area (Å²) in [7, 11) is 0. The zero-order valence-electron chi connectivity index (χ0n) is 26.3. The van der Waals surface area contributed by atoms with Gasteiger partial charge in [-0.2, -0.15) is 0 Å². The molecular weight excluding hydrogens is 609 g/mol. The maximum Gasteiger partial charge on any atom is 0.160 e. The number of benzene rings is 7. The van der Waals surface area contributed by atoms with Crippen molar-refractivity contribution in [1.82, 2.24) is 9.97 Å². The summed E-state index contributed by atoms with van der Waals surface area (Å²) in [6.07, 6.45) is 0. The molecule has 0 saturated carbocycles. The molecule has 0 spiro atoms. The van der Waals surface area contributed by atoms with Gasteiger partial charge < -0.3 is 4.90 Å². The monoisotopic (exact) mass is 637 g/mol. The van der Waals surface area contributed by atoms with Crippen LogP contribution in [0.5, 0.6) is 0 Å². The molecule has 0 saturated heterocycles. The lowest BCUT2D eigenvalue weighted by molar-refractivity contribution is 0.628. The summed E-state index contributed by atoms with van der Waals surface area (Å²) in [6.45, 7) is 0. The summed E-state index contributed by atoms with van der Waals surface area (Å²) in [5, 5.41) is 0.875. The number of hydrogen-bond acceptors (Lipinski definition) is 3. The highest BCUT2D eigenvalue weighted by Gasteiger charge is 2.24. The second kappa shape index (κ2) is 13.0. The quantitative estimate of drug-likeness (QED) is 0.174. The van der Waals surface area contributed by atoms with Gasteiger partial charge in [0.05, 0.1) is 28.3 Å². The van der Waals surface area contributed by atoms with E-state index in [1.165, 1.54) is 12.1 Å². The predicted octanol–water partition coefficient (Wildman–Crippen LogP) is 12.0. The molecule has 0 fully saturated rings. The zero-order valence-corrected chi connectivity index (χ0v) is 26.3. The van der Waals surface area contributed by atoms with Crippen molar-refractivity contribution in [2.45, 2.75) is 0 Å². The average Bonchev–Trinajstić information content (AvgIpc) is 3.16. The second-order valence-electron chi connectivity index (χ2n) is 11.7. The third kappa shape index (κ3) is 5.83. The Hall–Kier alpha value is -6.46. The normalized spacial score (nSPS) is 11.1. The van der Waals surface area contributed by atoms with E-state index >= 15 is 0 Å². The van der Waals surface area contributed by atoms with Crippen molar-refractivity contribution in [2.75, 3.05) is 4.90 Å². The molecule has 0 radical (unpaired) electrons. The van der Waals surface area contributed by atoms with Crippen LogP contribution in [0.1, 0.15) is 0 Å². The molecule has 0 aliphatic heterocycles. The van der Waals surface area contributed by atoms with Gasteiger partial charge in [-0.3, -0.25) is 0 Å². The smallest absolute Gasteiger partial charge is 0.160 e. The molecule has 1 aromatic heterocycles. The first-order valence-corrected chi connectivity index (χ1v) is 16.1. The van der Waals surface area contributed by atoms with Crippen LogP contribution in [-0.4, -0.2) is 9.97 Å². The van der Waals surface area contributed by atoms with Crippen LogP contribution in [0.2, 0.25) is 0 Å². The Balaban J connectivity index is 1.48. The number of halogens is 2. The van der Waals surface area contributed by atoms with Gasteiger partial charge in [0.2, 0.25) is 0 Å². The molecule has 234 valence electrons. The Morgan fingerprint density at radius 1 is 0.388 bits per heavy atom. The van der Waals surface area contributed by atoms with Gasteiger partial charge in [-0.15, -0.1) is 0 Å². The fourth-order valence-corrected chi connectivity index (χ4v) is 6.38. The number of rotatable bonds is 7. The molecule has 8 rings (SSSR count). The molecule has 1 heterocycles. The Morgan fingerprint density at radius 3 is 1.43 bits per heavy atom. The first kappa shape index (κ1) is 29.9. The molecule has 7 aromatic carbocycles. The van der Waals surface area contributed by atoms with Crippen LogP contribution in [0, 0.1) is 11.6 Å². The lowest BCUT2D eigenvalue weighted by Gasteiger charge is -2.30. The van der Waals surface area contributed by atoms with Crippen LogP contribution in [0.3, 0.4) is 0 Å². The van der Waals surface area contributed by atoms with Crippen LogP contribution in [0.15, 0.2) is 176 Å². The van der Waals surface area contributed by atoms with E-state index in [1.54, 1.807) is 24.3 Å². The fourth-order valence-electron chi connectivity index (χ4n) is 6.38. The van der Waals surface area contributed by atoms with Crippen molar-refractivity contribution in [3.8, 4) is 44.9 Å². The van der Waals surface area contributed by atoms with Crippen molar-refractivity contribution in [3.05, 3.63) is 188 Å². The molecule has 0 unspecified atom stereocenters. The minimum atomic E-state index is -0.322. The van der Waals surface area contributed by atoms with Gasteiger partial charge in [-0.1, -0.05) is 133 Å². The number of nitrogens with zero attached hydrogens (tertiary/aromatic N) is 3. The van der Waals surface area contributed by atoms with Crippen molar-refractivity contribution in [3.63, 3.8) is 0 Å². The highest BCUT2D eigenvalue weighted by molar-refractivity contribution is 6.05. The second-order valence-corrected chi connectivity index (χ2v) is 11.7. The molecule has 0 amide bonds. The van der Waals surface area contributed by atoms with Crippen LogP contribution >= 0.6 is 0 Å². The number of hydrogen-bond donors (Lipinski definition) is 0. The third-order valence-corrected chi connectivity index (χ3v) is 8.59. The highest BCUT2D eigenvalue weighted by atomic mass is 19.1. The van der Waals surface area contributed by atoms with Gasteiger partial charge in [0.25, 0.3) is 0 Å². The van der Waals surface area contributed by atoms with E-state index in [4.69, 9.17) is 9.97 Å². The summed E-state index contributed by atoms with van der Waals surface area (Å²) >= 11 is 0. The highest BCUT2D eigenvalue weighted by Crippen LogP contribution is 2.47. The maximum absolute atomic E-state index is 14.7. The predicted molar refractivity (Wildman–Crippen MR) is 196 cm³/mol. The molecule has 8 aromatic rings. The maximum atomic E-state index is 14.7. The Kier molecular flexibility index (Phi) is 7.92. The molecule has 0 atom stereocenters. The first-order valence-electron chi connectivity index (χ1n) is 16.1. The molecule has 0 aliphatic rings. The first-order chi connectivity index (χ1) is 24.1. The minimum Gasteiger partial charge on any atom is -0.307 e. The molecule has 0 N–H and O–H groups in total. The largest absolute Gasteiger partial charge is 0.307 e. The third-order valence-electron chi connectivity index (χ3n) is 8.59. The summed E-state index contributed by atoms with van der Waals surface area (Å²) in [5.41, 5.74) is 8.93. The number of para-hydroxylation sites is 3. The van der Waals surface area contributed by atoms with Crippen molar-refractivity contribution >= 4 is 28.0 Å². The average molecular weight is 638 g/mol. The van der Waals surface area contributed by atoms with E-state index in [0.717, 1.165) is 67.0 Å². The van der Waals surface area contributed by atoms with Gasteiger partial charge >= 0.3 is 0 Å². The summed E-state index contributed by atoms with van der Waals surface area (Å²) < 4.78 is 29.4. The summed E-state index contributed by atoms with van der Waals surface area (Å²) in [5.74, 6) is -0.0509. The molecule has 3 nitrogen and oxygen atoms in total. The van der Waals surface area contributed by atoms with Crippen molar-refractivity contribution < 1.29 is 8.78 Å². The number of anilines is 3. The van der Waals surface area contributed by atoms with Crippen LogP contribution < -0.4 is 4.90 Å². The number of fused-ring (bicyclic) bond motifs is 1. The zero-order chi connectivity index (χ0) is 33.2. The van der Waals surface area contributed by atoms with Gasteiger partial charge in [-0.05, 0) is 53.6 Å². The Bertz CT molecular complexity index is 2340. The minimum absolute atomic E-state index is 0.322. The summed E-state index contributed by atoms with van der Waals surface area (Å²) in [4.78, 5) is 12.5. The topological polar surface area (TPSA) is 29.0 Å². The molecular formula is C44H29F2N3. The van der Waals surface area contributed by atoms with E-state index < -0.39 is 0 Å². The van der Waals surface area contributed by atoms with E-state index in [2.05, 4.69) is 17.0 Å². The lowest BCUT2D eigenvalue weighted by Crippen LogP contribution is -2.14. The summed E-state index contributed by atoms with van der Waals surface area (Å²) in [6, 6.07) is 55.3. The van der Waals surface area contributed by atoms with E-state index in [0.29, 0.717) is 5.82 Å². The van der Waals surface area contributed by atoms with Gasteiger partial charge in [0, 0.05) is 27.6 Å². The van der Waals surface area contributed by atoms with Gasteiger partial charge in [-0.25, -0.2) is 18.7 Å². The molecule has 5 heteroatoms. The van der Waals surface area contributed by atoms with E-state index in [-0.39, 0.29) is 11.6 Å². The van der Waals surface area contributed by atoms with E-state index in [9.17, 15) is 8.78 Å². The van der Waals surface area contributed by atoms with Gasteiger partial charge in [0.1, 0.15) is 11.6 Å². The molecule has 0 bridgehead atoms. The Labute approximate surface area is 283 Å². The van der Waals surface area contributed by atoms with Crippen LogP contribution in [0.25, 0.3) is 55.8 Å². The lowest BCUT2D eigenvalue weighted by atomic mass is 9.98. The van der Waals surface area contributed by atoms with Crippen molar-refractivity contribution in [1.29, 1.82) is 0 Å². The Morgan fingerprint density at radius 2 is 0.857 bits per heavy atom. The van der Waals surface area contributed by atoms with Gasteiger partial charge in [0.15, 0.2) is 5.82 Å². The molecule has 49 heavy (non-hydrogen) atoms. The van der Waals surface area contributed by atoms with Crippen LogP contribution in [0.4, 0.5) is 25.8 Å². The fraction of sp³-hybridized carbons (Fsp3) is 0.